The van der Waals surface area contributed by atoms with Gasteiger partial charge in [0.2, 0.25) is 0 Å². The van der Waals surface area contributed by atoms with E-state index in [-0.39, 0.29) is 7.05 Å². The Morgan fingerprint density at radius 2 is 1.78 bits per heavy atom. The molecule has 0 amide bonds. The summed E-state index contributed by atoms with van der Waals surface area (Å²) in [5, 5.41) is 20.6. The third kappa shape index (κ3) is 3.99. The number of rotatable bonds is 3. The van der Waals surface area contributed by atoms with E-state index in [2.05, 4.69) is 39.7 Å². The zero-order chi connectivity index (χ0) is 22.4. The van der Waals surface area contributed by atoms with E-state index >= 15 is 0 Å². The Morgan fingerprint density at radius 1 is 1.03 bits per heavy atom. The predicted octanol–water partition coefficient (Wildman–Crippen LogP) is 4.25. The monoisotopic (exact) mass is 453 g/mol. The molecule has 3 aliphatic heterocycles. The maximum atomic E-state index is 10.4. The first-order chi connectivity index (χ1) is 15.4. The van der Waals surface area contributed by atoms with Crippen LogP contribution in [0.3, 0.4) is 0 Å². The second-order valence-corrected chi connectivity index (χ2v) is 10.2. The van der Waals surface area contributed by atoms with Gasteiger partial charge in [-0.3, -0.25) is 0 Å². The topological polar surface area (TPSA) is 55.7 Å². The lowest BCUT2D eigenvalue weighted by atomic mass is 9.70. The van der Waals surface area contributed by atoms with Crippen molar-refractivity contribution in [3.63, 3.8) is 0 Å². The molecule has 0 aliphatic carbocycles. The van der Waals surface area contributed by atoms with Crippen molar-refractivity contribution >= 4 is 30.2 Å². The van der Waals surface area contributed by atoms with Crippen molar-refractivity contribution in [2.75, 3.05) is 29.9 Å². The van der Waals surface area contributed by atoms with Crippen LogP contribution in [0.2, 0.25) is 11.8 Å². The molecule has 0 saturated carbocycles. The molecule has 6 nitrogen and oxygen atoms in total. The Labute approximate surface area is 196 Å². The van der Waals surface area contributed by atoms with Crippen molar-refractivity contribution in [2.24, 2.45) is 0 Å². The molecule has 2 aromatic rings. The van der Waals surface area contributed by atoms with Gasteiger partial charge in [-0.05, 0) is 69.6 Å². The number of anilines is 2. The Hall–Kier alpha value is -1.83. The molecule has 5 rings (SSSR count). The van der Waals surface area contributed by atoms with Gasteiger partial charge in [-0.15, -0.1) is 10.2 Å². The van der Waals surface area contributed by atoms with Crippen LogP contribution in [0.15, 0.2) is 24.3 Å². The van der Waals surface area contributed by atoms with Gasteiger partial charge in [-0.1, -0.05) is 24.1 Å². The summed E-state index contributed by atoms with van der Waals surface area (Å²) in [7, 11) is 1.80. The zero-order valence-corrected chi connectivity index (χ0v) is 20.1. The molecular weight excluding hydrogens is 421 g/mol. The highest BCUT2D eigenvalue weighted by atomic mass is 35.5. The number of fused-ring (bicyclic) bond motifs is 3. The molecule has 2 bridgehead atoms. The van der Waals surface area contributed by atoms with Crippen LogP contribution in [-0.4, -0.2) is 65.3 Å². The number of aromatic nitrogens is 2. The number of piperidine rings is 2. The van der Waals surface area contributed by atoms with Crippen LogP contribution in [0, 0.1) is 6.92 Å². The van der Waals surface area contributed by atoms with Crippen molar-refractivity contribution in [2.45, 2.75) is 70.4 Å². The summed E-state index contributed by atoms with van der Waals surface area (Å²) in [5.41, 5.74) is 4.24. The van der Waals surface area contributed by atoms with Crippen LogP contribution in [0.4, 0.5) is 11.5 Å². The first-order valence-corrected chi connectivity index (χ1v) is 12.4. The smallest absolute Gasteiger partial charge is 0.376 e. The van der Waals surface area contributed by atoms with Gasteiger partial charge >= 0.3 is 7.05 Å². The van der Waals surface area contributed by atoms with Gasteiger partial charge in [0.25, 0.3) is 0 Å². The Kier molecular flexibility index (Phi) is 6.08. The molecule has 32 heavy (non-hydrogen) atoms. The average Bonchev–Trinajstić information content (AvgIpc) is 2.91. The van der Waals surface area contributed by atoms with Crippen molar-refractivity contribution < 1.29 is 5.02 Å². The standard InChI is InChI=1S/C24H33BClN5O/c1-16-12-17(26)8-9-21(16)22-15-23-24(28-27-22)30(11-5-10-29(23)3)20-13-18-6-4-7-19(14-20)31(18)25(2)32/h8-9,12,15,18-20,32H,4-7,10-11,13-14H2,1-3H3/t18-,19?,20-/m0/s1. The summed E-state index contributed by atoms with van der Waals surface area (Å²) in [6.07, 6.45) is 6.91. The van der Waals surface area contributed by atoms with E-state index in [0.717, 1.165) is 65.7 Å². The third-order valence-corrected chi connectivity index (χ3v) is 7.91. The second-order valence-electron chi connectivity index (χ2n) is 9.81. The summed E-state index contributed by atoms with van der Waals surface area (Å²) in [5.74, 6) is 1.01. The largest absolute Gasteiger partial charge is 0.437 e. The molecule has 3 aliphatic rings. The highest BCUT2D eigenvalue weighted by Gasteiger charge is 2.43. The molecule has 1 aromatic heterocycles. The maximum Gasteiger partial charge on any atom is 0.376 e. The molecule has 0 spiro atoms. The normalized spacial score (nSPS) is 26.0. The van der Waals surface area contributed by atoms with Crippen LogP contribution < -0.4 is 9.80 Å². The minimum Gasteiger partial charge on any atom is -0.437 e. The molecule has 170 valence electrons. The molecule has 1 unspecified atom stereocenters. The van der Waals surface area contributed by atoms with Crippen molar-refractivity contribution in [3.8, 4) is 11.3 Å². The van der Waals surface area contributed by atoms with E-state index in [1.165, 1.54) is 19.3 Å². The van der Waals surface area contributed by atoms with E-state index in [1.54, 1.807) is 0 Å². The van der Waals surface area contributed by atoms with E-state index < -0.39 is 0 Å². The Balaban J connectivity index is 1.48. The summed E-state index contributed by atoms with van der Waals surface area (Å²) < 4.78 is 0. The maximum absolute atomic E-state index is 10.4. The third-order valence-electron chi connectivity index (χ3n) is 7.67. The number of benzene rings is 1. The molecule has 0 radical (unpaired) electrons. The van der Waals surface area contributed by atoms with Gasteiger partial charge in [0, 0.05) is 48.8 Å². The highest BCUT2D eigenvalue weighted by molar-refractivity contribution is 6.45. The van der Waals surface area contributed by atoms with Crippen molar-refractivity contribution in [1.82, 2.24) is 15.0 Å². The minimum atomic E-state index is -0.362. The van der Waals surface area contributed by atoms with Crippen molar-refractivity contribution in [3.05, 3.63) is 34.9 Å². The number of hydrogen-bond acceptors (Lipinski definition) is 6. The average molecular weight is 454 g/mol. The van der Waals surface area contributed by atoms with Crippen LogP contribution in [0.25, 0.3) is 11.3 Å². The summed E-state index contributed by atoms with van der Waals surface area (Å²) >= 11 is 6.17. The fourth-order valence-corrected chi connectivity index (χ4v) is 6.45. The molecule has 2 saturated heterocycles. The van der Waals surface area contributed by atoms with E-state index in [1.807, 2.05) is 25.0 Å². The number of aryl methyl sites for hydroxylation is 1. The number of nitrogens with zero attached hydrogens (tertiary/aromatic N) is 5. The van der Waals surface area contributed by atoms with Crippen molar-refractivity contribution in [1.29, 1.82) is 0 Å². The molecule has 2 fully saturated rings. The van der Waals surface area contributed by atoms with Gasteiger partial charge in [0.15, 0.2) is 5.82 Å². The summed E-state index contributed by atoms with van der Waals surface area (Å²) in [6.45, 7) is 6.00. The Morgan fingerprint density at radius 3 is 2.47 bits per heavy atom. The van der Waals surface area contributed by atoms with Crippen LogP contribution >= 0.6 is 11.6 Å². The van der Waals surface area contributed by atoms with Gasteiger partial charge in [0.1, 0.15) is 0 Å². The molecule has 4 heterocycles. The number of halogens is 1. The second kappa shape index (κ2) is 8.84. The lowest BCUT2D eigenvalue weighted by Crippen LogP contribution is -2.61. The van der Waals surface area contributed by atoms with Gasteiger partial charge in [0.05, 0.1) is 11.4 Å². The summed E-state index contributed by atoms with van der Waals surface area (Å²) in [6, 6.07) is 9.50. The first-order valence-electron chi connectivity index (χ1n) is 12.0. The minimum absolute atomic E-state index is 0.362. The quantitative estimate of drug-likeness (QED) is 0.701. The van der Waals surface area contributed by atoms with Gasteiger partial charge < -0.3 is 19.6 Å². The fourth-order valence-electron chi connectivity index (χ4n) is 6.22. The van der Waals surface area contributed by atoms with Crippen LogP contribution in [0.5, 0.6) is 0 Å². The van der Waals surface area contributed by atoms with Gasteiger partial charge in [-0.2, -0.15) is 0 Å². The fraction of sp³-hybridized carbons (Fsp3) is 0.583. The first kappa shape index (κ1) is 22.0. The van der Waals surface area contributed by atoms with E-state index in [4.69, 9.17) is 16.7 Å². The Bertz CT molecular complexity index is 975. The van der Waals surface area contributed by atoms with Crippen LogP contribution in [0.1, 0.15) is 44.1 Å². The number of hydrogen-bond donors (Lipinski definition) is 1. The molecular formula is C24H33BClN5O. The van der Waals surface area contributed by atoms with Gasteiger partial charge in [-0.25, -0.2) is 0 Å². The summed E-state index contributed by atoms with van der Waals surface area (Å²) in [4.78, 5) is 7.21. The molecule has 1 aromatic carbocycles. The zero-order valence-electron chi connectivity index (χ0n) is 19.3. The predicted molar refractivity (Wildman–Crippen MR) is 133 cm³/mol. The lowest BCUT2D eigenvalue weighted by molar-refractivity contribution is 0.0896. The van der Waals surface area contributed by atoms with E-state index in [9.17, 15) is 5.02 Å². The highest BCUT2D eigenvalue weighted by Crippen LogP contribution is 2.41. The molecule has 1 N–H and O–H groups in total. The van der Waals surface area contributed by atoms with E-state index in [0.29, 0.717) is 18.1 Å². The van der Waals surface area contributed by atoms with Crippen LogP contribution in [-0.2, 0) is 0 Å². The molecule has 3 atom stereocenters. The molecule has 8 heteroatoms. The lowest BCUT2D eigenvalue weighted by Gasteiger charge is -2.52. The SMILES string of the molecule is CB(O)N1C2CCC[C@H]1C[C@H](N1CCCN(C)c3cc(-c4ccc(Cl)cc4C)nnc31)C2.